The fourth-order valence-electron chi connectivity index (χ4n) is 1.44. The summed E-state index contributed by atoms with van der Waals surface area (Å²) in [6, 6.07) is 9.73. The third-order valence-electron chi connectivity index (χ3n) is 2.35. The number of halogens is 1. The zero-order valence-electron chi connectivity index (χ0n) is 9.65. The van der Waals surface area contributed by atoms with E-state index in [2.05, 4.69) is 10.6 Å². The van der Waals surface area contributed by atoms with Crippen LogP contribution in [0.5, 0.6) is 0 Å². The first-order chi connectivity index (χ1) is 8.75. The number of furan rings is 1. The molecule has 1 heterocycles. The monoisotopic (exact) mass is 248 g/mol. The van der Waals surface area contributed by atoms with Crippen molar-refractivity contribution in [1.29, 1.82) is 0 Å². The van der Waals surface area contributed by atoms with Crippen molar-refractivity contribution in [2.75, 3.05) is 11.9 Å². The highest BCUT2D eigenvalue weighted by Gasteiger charge is 2.04. The van der Waals surface area contributed by atoms with Crippen molar-refractivity contribution in [3.63, 3.8) is 0 Å². The first kappa shape index (κ1) is 12.2. The molecule has 1 aromatic heterocycles. The number of hydrogen-bond donors (Lipinski definition) is 2. The van der Waals surface area contributed by atoms with E-state index in [4.69, 9.17) is 4.42 Å². The minimum atomic E-state index is -0.378. The second kappa shape index (κ2) is 5.86. The maximum atomic E-state index is 13.2. The van der Waals surface area contributed by atoms with Gasteiger partial charge >= 0.3 is 0 Å². The van der Waals surface area contributed by atoms with Gasteiger partial charge in [-0.1, -0.05) is 12.1 Å². The van der Waals surface area contributed by atoms with Crippen molar-refractivity contribution in [1.82, 2.24) is 5.32 Å². The third-order valence-corrected chi connectivity index (χ3v) is 2.35. The van der Waals surface area contributed by atoms with Crippen molar-refractivity contribution < 1.29 is 13.6 Å². The van der Waals surface area contributed by atoms with E-state index in [1.54, 1.807) is 36.6 Å². The smallest absolute Gasteiger partial charge is 0.239 e. The fraction of sp³-hybridized carbons (Fsp3) is 0.154. The molecule has 2 rings (SSSR count). The van der Waals surface area contributed by atoms with Crippen LogP contribution in [0.25, 0.3) is 0 Å². The van der Waals surface area contributed by atoms with Crippen molar-refractivity contribution >= 4 is 11.6 Å². The number of anilines is 1. The molecule has 2 N–H and O–H groups in total. The molecule has 0 spiro atoms. The molecule has 0 radical (unpaired) electrons. The van der Waals surface area contributed by atoms with E-state index in [0.29, 0.717) is 18.0 Å². The maximum absolute atomic E-state index is 13.2. The summed E-state index contributed by atoms with van der Waals surface area (Å²) in [4.78, 5) is 11.5. The second-order valence-electron chi connectivity index (χ2n) is 3.69. The molecule has 1 aromatic carbocycles. The Balaban J connectivity index is 1.77. The maximum Gasteiger partial charge on any atom is 0.239 e. The Hall–Kier alpha value is -2.30. The lowest BCUT2D eigenvalue weighted by Gasteiger charge is -2.07. The van der Waals surface area contributed by atoms with Gasteiger partial charge in [0, 0.05) is 0 Å². The molecule has 0 aliphatic carbocycles. The molecular weight excluding hydrogens is 235 g/mol. The summed E-state index contributed by atoms with van der Waals surface area (Å²) in [5.74, 6) is 0.0697. The summed E-state index contributed by atoms with van der Waals surface area (Å²) >= 11 is 0. The summed E-state index contributed by atoms with van der Waals surface area (Å²) in [5.41, 5.74) is 0.311. The Morgan fingerprint density at radius 1 is 1.22 bits per heavy atom. The highest BCUT2D eigenvalue weighted by Crippen LogP contribution is 2.11. The van der Waals surface area contributed by atoms with Crippen molar-refractivity contribution in [2.24, 2.45) is 0 Å². The largest absolute Gasteiger partial charge is 0.467 e. The third kappa shape index (κ3) is 3.35. The predicted octanol–water partition coefficient (Wildman–Crippen LogP) is 2.15. The zero-order chi connectivity index (χ0) is 12.8. The average molecular weight is 248 g/mol. The molecule has 0 bridgehead atoms. The van der Waals surface area contributed by atoms with Crippen LogP contribution in [0.1, 0.15) is 5.76 Å². The van der Waals surface area contributed by atoms with Gasteiger partial charge < -0.3 is 15.1 Å². The van der Waals surface area contributed by atoms with Crippen LogP contribution in [0.3, 0.4) is 0 Å². The van der Waals surface area contributed by atoms with Gasteiger partial charge in [0.1, 0.15) is 11.6 Å². The summed E-state index contributed by atoms with van der Waals surface area (Å²) in [6.07, 6.45) is 1.54. The lowest BCUT2D eigenvalue weighted by Crippen LogP contribution is -2.29. The topological polar surface area (TPSA) is 54.3 Å². The van der Waals surface area contributed by atoms with Gasteiger partial charge in [-0.15, -0.1) is 0 Å². The van der Waals surface area contributed by atoms with E-state index in [1.807, 2.05) is 0 Å². The predicted molar refractivity (Wildman–Crippen MR) is 65.4 cm³/mol. The molecule has 0 saturated heterocycles. The number of amides is 1. The van der Waals surface area contributed by atoms with Gasteiger partial charge in [-0.3, -0.25) is 4.79 Å². The minimum absolute atomic E-state index is 0.0155. The number of hydrogen-bond acceptors (Lipinski definition) is 3. The summed E-state index contributed by atoms with van der Waals surface area (Å²) in [5, 5.41) is 5.38. The molecule has 94 valence electrons. The molecule has 0 aliphatic heterocycles. The van der Waals surface area contributed by atoms with Crippen LogP contribution in [-0.4, -0.2) is 12.5 Å². The molecule has 0 unspecified atom stereocenters. The Morgan fingerprint density at radius 3 is 2.78 bits per heavy atom. The molecule has 0 saturated carbocycles. The van der Waals surface area contributed by atoms with E-state index >= 15 is 0 Å². The van der Waals surface area contributed by atoms with E-state index in [1.165, 1.54) is 6.07 Å². The van der Waals surface area contributed by atoms with Gasteiger partial charge in [-0.25, -0.2) is 4.39 Å². The number of carbonyl (C=O) groups excluding carboxylic acids is 1. The molecule has 4 nitrogen and oxygen atoms in total. The number of carbonyl (C=O) groups is 1. The highest BCUT2D eigenvalue weighted by atomic mass is 19.1. The lowest BCUT2D eigenvalue weighted by atomic mass is 10.3. The van der Waals surface area contributed by atoms with Gasteiger partial charge in [-0.2, -0.15) is 0 Å². The summed E-state index contributed by atoms with van der Waals surface area (Å²) < 4.78 is 18.3. The van der Waals surface area contributed by atoms with Gasteiger partial charge in [0.15, 0.2) is 0 Å². The Morgan fingerprint density at radius 2 is 2.06 bits per heavy atom. The molecule has 2 aromatic rings. The quantitative estimate of drug-likeness (QED) is 0.852. The van der Waals surface area contributed by atoms with Crippen LogP contribution in [0.4, 0.5) is 10.1 Å². The van der Waals surface area contributed by atoms with Gasteiger partial charge in [-0.05, 0) is 24.3 Å². The van der Waals surface area contributed by atoms with Crippen LogP contribution in [-0.2, 0) is 11.3 Å². The van der Waals surface area contributed by atoms with Crippen molar-refractivity contribution in [3.8, 4) is 0 Å². The standard InChI is InChI=1S/C13H13FN2O2/c14-11-5-1-2-6-12(11)15-9-13(17)16-8-10-4-3-7-18-10/h1-7,15H,8-9H2,(H,16,17). The molecule has 0 atom stereocenters. The van der Waals surface area contributed by atoms with Crippen molar-refractivity contribution in [2.45, 2.75) is 6.54 Å². The van der Waals surface area contributed by atoms with Gasteiger partial charge in [0.25, 0.3) is 0 Å². The first-order valence-corrected chi connectivity index (χ1v) is 5.53. The molecule has 18 heavy (non-hydrogen) atoms. The molecule has 5 heteroatoms. The molecule has 1 amide bonds. The first-order valence-electron chi connectivity index (χ1n) is 5.53. The van der Waals surface area contributed by atoms with Gasteiger partial charge in [0.05, 0.1) is 25.0 Å². The Bertz CT molecular complexity index is 511. The molecule has 0 fully saturated rings. The molecule has 0 aliphatic rings. The van der Waals surface area contributed by atoms with Crippen LogP contribution < -0.4 is 10.6 Å². The minimum Gasteiger partial charge on any atom is -0.467 e. The van der Waals surface area contributed by atoms with E-state index in [9.17, 15) is 9.18 Å². The number of nitrogens with one attached hydrogen (secondary N) is 2. The van der Waals surface area contributed by atoms with E-state index < -0.39 is 0 Å². The Labute approximate surface area is 104 Å². The van der Waals surface area contributed by atoms with Crippen molar-refractivity contribution in [3.05, 3.63) is 54.2 Å². The SMILES string of the molecule is O=C(CNc1ccccc1F)NCc1ccco1. The lowest BCUT2D eigenvalue weighted by molar-refractivity contribution is -0.119. The molecular formula is C13H13FN2O2. The van der Waals surface area contributed by atoms with Crippen LogP contribution in [0, 0.1) is 5.82 Å². The number of benzene rings is 1. The second-order valence-corrected chi connectivity index (χ2v) is 3.69. The average Bonchev–Trinajstić information content (AvgIpc) is 2.88. The normalized spacial score (nSPS) is 10.1. The fourth-order valence-corrected chi connectivity index (χ4v) is 1.44. The van der Waals surface area contributed by atoms with Crippen LogP contribution in [0.2, 0.25) is 0 Å². The van der Waals surface area contributed by atoms with Gasteiger partial charge in [0.2, 0.25) is 5.91 Å². The zero-order valence-corrected chi connectivity index (χ0v) is 9.65. The van der Waals surface area contributed by atoms with Crippen LogP contribution in [0.15, 0.2) is 47.1 Å². The summed E-state index contributed by atoms with van der Waals surface area (Å²) in [7, 11) is 0. The number of rotatable bonds is 5. The van der Waals surface area contributed by atoms with E-state index in [0.717, 1.165) is 0 Å². The number of para-hydroxylation sites is 1. The van der Waals surface area contributed by atoms with Crippen LogP contribution >= 0.6 is 0 Å². The Kier molecular flexibility index (Phi) is 3.96. The highest BCUT2D eigenvalue weighted by molar-refractivity contribution is 5.80. The summed E-state index contributed by atoms with van der Waals surface area (Å²) in [6.45, 7) is 0.340. The van der Waals surface area contributed by atoms with E-state index in [-0.39, 0.29) is 18.3 Å².